The lowest BCUT2D eigenvalue weighted by atomic mass is 9.96. The van der Waals surface area contributed by atoms with Crippen molar-refractivity contribution in [2.45, 2.75) is 25.7 Å². The normalized spacial score (nSPS) is 13.6. The number of amides is 1. The van der Waals surface area contributed by atoms with Gasteiger partial charge in [0.1, 0.15) is 12.1 Å². The van der Waals surface area contributed by atoms with E-state index in [1.165, 1.54) is 0 Å². The number of hydrogen-bond acceptors (Lipinski definition) is 7. The lowest BCUT2D eigenvalue weighted by molar-refractivity contribution is 0.0964. The van der Waals surface area contributed by atoms with Crippen molar-refractivity contribution in [1.29, 1.82) is 0 Å². The largest absolute Gasteiger partial charge is 0.477 e. The van der Waals surface area contributed by atoms with Gasteiger partial charge in [0.05, 0.1) is 23.4 Å². The summed E-state index contributed by atoms with van der Waals surface area (Å²) in [7, 11) is 1.63. The van der Waals surface area contributed by atoms with E-state index in [0.29, 0.717) is 12.1 Å². The van der Waals surface area contributed by atoms with Crippen LogP contribution in [0.15, 0.2) is 55.1 Å². The van der Waals surface area contributed by atoms with E-state index < -0.39 is 0 Å². The van der Waals surface area contributed by atoms with Gasteiger partial charge in [0.25, 0.3) is 5.91 Å². The van der Waals surface area contributed by atoms with Crippen LogP contribution in [0.2, 0.25) is 0 Å². The molecule has 8 nitrogen and oxygen atoms in total. The summed E-state index contributed by atoms with van der Waals surface area (Å²) in [4.78, 5) is 30.1. The first-order valence-corrected chi connectivity index (χ1v) is 11.4. The summed E-state index contributed by atoms with van der Waals surface area (Å²) < 4.78 is 5.62. The van der Waals surface area contributed by atoms with E-state index >= 15 is 0 Å². The van der Waals surface area contributed by atoms with Crippen LogP contribution in [0, 0.1) is 0 Å². The highest BCUT2D eigenvalue weighted by Crippen LogP contribution is 2.29. The summed E-state index contributed by atoms with van der Waals surface area (Å²) in [6.45, 7) is 3.50. The molecule has 0 unspecified atom stereocenters. The van der Waals surface area contributed by atoms with E-state index in [-0.39, 0.29) is 11.8 Å². The van der Waals surface area contributed by atoms with E-state index in [1.54, 1.807) is 31.8 Å². The molecule has 1 amide bonds. The number of nitrogens with zero attached hydrogens (tertiary/aromatic N) is 4. The number of benzene rings is 1. The number of nitrogens with one attached hydrogen (secondary N) is 2. The molecular formula is C26H26N6O2. The van der Waals surface area contributed by atoms with Gasteiger partial charge in [0.15, 0.2) is 0 Å². The smallest absolute Gasteiger partial charge is 0.251 e. The average molecular weight is 455 g/mol. The summed E-state index contributed by atoms with van der Waals surface area (Å²) in [5.74, 6) is 1.48. The number of pyridine rings is 2. The fourth-order valence-corrected chi connectivity index (χ4v) is 4.29. The minimum atomic E-state index is -0.118. The molecule has 0 fully saturated rings. The third-order valence-corrected chi connectivity index (χ3v) is 6.11. The molecule has 0 bridgehead atoms. The van der Waals surface area contributed by atoms with Crippen molar-refractivity contribution in [3.8, 4) is 17.1 Å². The molecule has 0 radical (unpaired) electrons. The molecule has 34 heavy (non-hydrogen) atoms. The van der Waals surface area contributed by atoms with Crippen LogP contribution < -0.4 is 15.4 Å². The van der Waals surface area contributed by atoms with Gasteiger partial charge in [-0.3, -0.25) is 9.78 Å². The van der Waals surface area contributed by atoms with Gasteiger partial charge in [0.2, 0.25) is 5.88 Å². The van der Waals surface area contributed by atoms with Gasteiger partial charge in [-0.05, 0) is 30.5 Å². The van der Waals surface area contributed by atoms with Gasteiger partial charge in [-0.15, -0.1) is 0 Å². The summed E-state index contributed by atoms with van der Waals surface area (Å²) in [6.07, 6.45) is 7.01. The van der Waals surface area contributed by atoms with E-state index in [9.17, 15) is 4.79 Å². The highest BCUT2D eigenvalue weighted by Gasteiger charge is 2.16. The number of rotatable bonds is 6. The second-order valence-corrected chi connectivity index (χ2v) is 8.39. The number of anilines is 1. The number of carbonyl (C=O) groups excluding carboxylic acids is 1. The first-order valence-electron chi connectivity index (χ1n) is 11.4. The highest BCUT2D eigenvalue weighted by molar-refractivity contribution is 6.06. The van der Waals surface area contributed by atoms with Crippen LogP contribution in [0.1, 0.15) is 40.7 Å². The van der Waals surface area contributed by atoms with Crippen LogP contribution in [0.3, 0.4) is 0 Å². The molecule has 1 aliphatic rings. The zero-order chi connectivity index (χ0) is 23.5. The second kappa shape index (κ2) is 9.43. The molecule has 0 saturated heterocycles. The Labute approximate surface area is 197 Å². The van der Waals surface area contributed by atoms with Crippen molar-refractivity contribution in [1.82, 2.24) is 25.3 Å². The Bertz CT molecular complexity index is 1360. The fraction of sp³-hybridized carbons (Fsp3) is 0.269. The van der Waals surface area contributed by atoms with E-state index in [1.807, 2.05) is 18.2 Å². The number of ether oxygens (including phenoxy) is 1. The number of fused-ring (bicyclic) bond motifs is 2. The zero-order valence-electron chi connectivity index (χ0n) is 19.2. The topological polar surface area (TPSA) is 102 Å². The highest BCUT2D eigenvalue weighted by atomic mass is 16.5. The van der Waals surface area contributed by atoms with Gasteiger partial charge in [-0.1, -0.05) is 25.1 Å². The molecule has 2 N–H and O–H groups in total. The molecule has 1 aliphatic heterocycles. The van der Waals surface area contributed by atoms with Crippen molar-refractivity contribution in [2.75, 3.05) is 25.5 Å². The van der Waals surface area contributed by atoms with Crippen molar-refractivity contribution in [3.05, 3.63) is 71.8 Å². The van der Waals surface area contributed by atoms with Gasteiger partial charge in [0, 0.05) is 54.5 Å². The van der Waals surface area contributed by atoms with Crippen LogP contribution in [0.5, 0.6) is 5.88 Å². The van der Waals surface area contributed by atoms with E-state index in [0.717, 1.165) is 64.4 Å². The number of aromatic nitrogens is 4. The molecular weight excluding hydrogens is 428 g/mol. The molecule has 0 saturated carbocycles. The average Bonchev–Trinajstić information content (AvgIpc) is 2.90. The molecule has 172 valence electrons. The first kappa shape index (κ1) is 21.8. The van der Waals surface area contributed by atoms with Gasteiger partial charge >= 0.3 is 0 Å². The molecule has 1 atom stereocenters. The minimum absolute atomic E-state index is 0.118. The zero-order valence-corrected chi connectivity index (χ0v) is 19.2. The molecule has 5 rings (SSSR count). The monoisotopic (exact) mass is 454 g/mol. The maximum atomic E-state index is 12.3. The Morgan fingerprint density at radius 2 is 2.06 bits per heavy atom. The quantitative estimate of drug-likeness (QED) is 0.454. The van der Waals surface area contributed by atoms with Crippen molar-refractivity contribution in [3.63, 3.8) is 0 Å². The Morgan fingerprint density at radius 3 is 2.94 bits per heavy atom. The van der Waals surface area contributed by atoms with Gasteiger partial charge in [-0.25, -0.2) is 15.0 Å². The van der Waals surface area contributed by atoms with Crippen LogP contribution in [0.25, 0.3) is 22.2 Å². The van der Waals surface area contributed by atoms with Gasteiger partial charge in [-0.2, -0.15) is 0 Å². The Morgan fingerprint density at radius 1 is 1.15 bits per heavy atom. The molecule has 8 heteroatoms. The fourth-order valence-electron chi connectivity index (χ4n) is 4.29. The number of para-hydroxylation sites is 1. The molecule has 0 aliphatic carbocycles. The summed E-state index contributed by atoms with van der Waals surface area (Å²) >= 11 is 0. The summed E-state index contributed by atoms with van der Waals surface area (Å²) in [6, 6.07) is 11.7. The first-order chi connectivity index (χ1) is 16.6. The van der Waals surface area contributed by atoms with E-state index in [2.05, 4.69) is 49.6 Å². The molecule has 3 aromatic heterocycles. The predicted molar refractivity (Wildman–Crippen MR) is 131 cm³/mol. The number of aryl methyl sites for hydroxylation is 1. The lowest BCUT2D eigenvalue weighted by Gasteiger charge is -2.17. The molecule has 1 aromatic carbocycles. The van der Waals surface area contributed by atoms with Crippen molar-refractivity contribution in [2.24, 2.45) is 0 Å². The molecule has 4 heterocycles. The predicted octanol–water partition coefficient (Wildman–Crippen LogP) is 3.99. The minimum Gasteiger partial charge on any atom is -0.477 e. The second-order valence-electron chi connectivity index (χ2n) is 8.39. The Hall–Kier alpha value is -4.07. The third kappa shape index (κ3) is 4.26. The van der Waals surface area contributed by atoms with Crippen LogP contribution in [0.4, 0.5) is 5.82 Å². The maximum absolute atomic E-state index is 12.3. The van der Waals surface area contributed by atoms with Crippen LogP contribution in [-0.4, -0.2) is 46.0 Å². The van der Waals surface area contributed by atoms with Gasteiger partial charge < -0.3 is 15.4 Å². The summed E-state index contributed by atoms with van der Waals surface area (Å²) in [5, 5.41) is 6.97. The SMILES string of the molecule is CNC(=O)c1ccnc2c([C@H](C)CNc3cc(-c4cnc5c(c4)CCCO5)ncn3)cccc12. The maximum Gasteiger partial charge on any atom is 0.251 e. The van der Waals surface area contributed by atoms with Crippen molar-refractivity contribution < 1.29 is 9.53 Å². The van der Waals surface area contributed by atoms with E-state index in [4.69, 9.17) is 4.74 Å². The Kier molecular flexibility index (Phi) is 6.03. The van der Waals surface area contributed by atoms with Crippen LogP contribution in [-0.2, 0) is 6.42 Å². The molecule has 4 aromatic rings. The number of hydrogen-bond donors (Lipinski definition) is 2. The van der Waals surface area contributed by atoms with Crippen LogP contribution >= 0.6 is 0 Å². The standard InChI is InChI=1S/C26H26N6O2/c1-16(19-6-3-7-20-21(25(33)27-2)8-9-28-24(19)20)13-29-23-12-22(31-15-32-23)18-11-17-5-4-10-34-26(17)30-14-18/h3,6-9,11-12,14-16H,4-5,10,13H2,1-2H3,(H,27,33)(H,29,31,32)/t16-/m1/s1. The Balaban J connectivity index is 1.35. The number of carbonyl (C=O) groups is 1. The van der Waals surface area contributed by atoms with Crippen molar-refractivity contribution >= 4 is 22.6 Å². The lowest BCUT2D eigenvalue weighted by Crippen LogP contribution is -2.18. The summed E-state index contributed by atoms with van der Waals surface area (Å²) in [5.41, 5.74) is 5.41. The third-order valence-electron chi connectivity index (χ3n) is 6.11. The molecule has 0 spiro atoms.